The molecular formula is C23H22ClF2N3O3. The second kappa shape index (κ2) is 8.16. The normalized spacial score (nSPS) is 14.9. The monoisotopic (exact) mass is 461 g/mol. The van der Waals surface area contributed by atoms with Gasteiger partial charge in [0, 0.05) is 6.07 Å². The lowest BCUT2D eigenvalue weighted by atomic mass is 10.1. The maximum atomic E-state index is 14.0. The second-order valence-electron chi connectivity index (χ2n) is 8.83. The number of carbonyl (C=O) groups is 1. The Bertz CT molecular complexity index is 1250. The number of nitrogens with one attached hydrogen (secondary N) is 1. The Labute approximate surface area is 188 Å². The molecular weight excluding hydrogens is 440 g/mol. The van der Waals surface area contributed by atoms with E-state index in [0.717, 1.165) is 29.5 Å². The van der Waals surface area contributed by atoms with Gasteiger partial charge in [0.15, 0.2) is 0 Å². The zero-order valence-electron chi connectivity index (χ0n) is 17.8. The fraction of sp³-hybridized carbons (Fsp3) is 0.348. The number of hydrogen-bond donors (Lipinski definition) is 1. The third kappa shape index (κ3) is 4.60. The first kappa shape index (κ1) is 22.2. The molecule has 0 radical (unpaired) electrons. The van der Waals surface area contributed by atoms with Crippen LogP contribution < -0.4 is 10.9 Å². The Hall–Kier alpha value is -3.00. The molecule has 9 heteroatoms. The lowest BCUT2D eigenvalue weighted by Gasteiger charge is -2.25. The van der Waals surface area contributed by atoms with E-state index in [2.05, 4.69) is 10.3 Å². The molecule has 1 saturated carbocycles. The van der Waals surface area contributed by atoms with Crippen molar-refractivity contribution in [1.29, 1.82) is 0 Å². The van der Waals surface area contributed by atoms with Gasteiger partial charge in [0.1, 0.15) is 23.1 Å². The molecule has 0 spiro atoms. The molecule has 32 heavy (non-hydrogen) atoms. The summed E-state index contributed by atoms with van der Waals surface area (Å²) in [7, 11) is 0. The summed E-state index contributed by atoms with van der Waals surface area (Å²) in [6, 6.07) is 6.91. The molecule has 1 amide bonds. The summed E-state index contributed by atoms with van der Waals surface area (Å²) in [5.74, 6) is -1.54. The van der Waals surface area contributed by atoms with Gasteiger partial charge in [0.2, 0.25) is 0 Å². The van der Waals surface area contributed by atoms with E-state index >= 15 is 0 Å². The van der Waals surface area contributed by atoms with E-state index in [1.165, 1.54) is 0 Å². The zero-order chi connectivity index (χ0) is 23.2. The lowest BCUT2D eigenvalue weighted by molar-refractivity contribution is 0.0493. The van der Waals surface area contributed by atoms with Crippen molar-refractivity contribution in [2.75, 3.05) is 0 Å². The number of hydrogen-bond acceptors (Lipinski definition) is 4. The number of ether oxygens (including phenoxy) is 1. The highest BCUT2D eigenvalue weighted by molar-refractivity contribution is 6.35. The van der Waals surface area contributed by atoms with Gasteiger partial charge in [-0.05, 0) is 63.8 Å². The molecule has 1 aliphatic carbocycles. The molecule has 168 valence electrons. The molecule has 4 rings (SSSR count). The van der Waals surface area contributed by atoms with Crippen LogP contribution in [0.2, 0.25) is 5.02 Å². The molecule has 0 unspecified atom stereocenters. The van der Waals surface area contributed by atoms with Crippen molar-refractivity contribution in [2.24, 2.45) is 5.92 Å². The standard InChI is InChI=1S/C23H22ClF2N3O3/c1-23(2,3)32-22(31)28-19(12-7-8-12)20-27-17-6-4-5-16(24)18(17)21(30)29(20)15-10-13(25)9-14(26)11-15/h4-6,9-12,19H,7-8H2,1-3H3,(H,28,31)/t19-/m0/s1. The molecule has 1 aliphatic rings. The minimum absolute atomic E-state index is 0.00397. The fourth-order valence-electron chi connectivity index (χ4n) is 3.59. The van der Waals surface area contributed by atoms with Crippen LogP contribution >= 0.6 is 11.6 Å². The Morgan fingerprint density at radius 3 is 2.47 bits per heavy atom. The highest BCUT2D eigenvalue weighted by atomic mass is 35.5. The predicted molar refractivity (Wildman–Crippen MR) is 117 cm³/mol. The van der Waals surface area contributed by atoms with Crippen LogP contribution in [0, 0.1) is 17.6 Å². The van der Waals surface area contributed by atoms with E-state index in [0.29, 0.717) is 11.6 Å². The van der Waals surface area contributed by atoms with E-state index in [-0.39, 0.29) is 27.8 Å². The topological polar surface area (TPSA) is 73.2 Å². The molecule has 3 aromatic rings. The summed E-state index contributed by atoms with van der Waals surface area (Å²) in [5, 5.41) is 3.08. The molecule has 1 atom stereocenters. The van der Waals surface area contributed by atoms with Gasteiger partial charge in [-0.25, -0.2) is 18.6 Å². The summed E-state index contributed by atoms with van der Waals surface area (Å²) in [5.41, 5.74) is -1.04. The van der Waals surface area contributed by atoms with E-state index in [1.54, 1.807) is 39.0 Å². The minimum Gasteiger partial charge on any atom is -0.444 e. The lowest BCUT2D eigenvalue weighted by Crippen LogP contribution is -2.39. The third-order valence-electron chi connectivity index (χ3n) is 5.02. The second-order valence-corrected chi connectivity index (χ2v) is 9.24. The zero-order valence-corrected chi connectivity index (χ0v) is 18.5. The van der Waals surface area contributed by atoms with E-state index in [4.69, 9.17) is 16.3 Å². The van der Waals surface area contributed by atoms with Crippen LogP contribution in [-0.4, -0.2) is 21.2 Å². The Kier molecular flexibility index (Phi) is 5.67. The number of benzene rings is 2. The van der Waals surface area contributed by atoms with Crippen LogP contribution in [0.3, 0.4) is 0 Å². The van der Waals surface area contributed by atoms with Gasteiger partial charge in [-0.1, -0.05) is 17.7 Å². The number of amides is 1. The average Bonchev–Trinajstić information content (AvgIpc) is 3.48. The van der Waals surface area contributed by atoms with Gasteiger partial charge in [0.25, 0.3) is 5.56 Å². The van der Waals surface area contributed by atoms with Crippen LogP contribution in [-0.2, 0) is 4.74 Å². The van der Waals surface area contributed by atoms with Crippen molar-refractivity contribution in [3.8, 4) is 5.69 Å². The quantitative estimate of drug-likeness (QED) is 0.572. The van der Waals surface area contributed by atoms with Crippen molar-refractivity contribution in [3.63, 3.8) is 0 Å². The van der Waals surface area contributed by atoms with Crippen LogP contribution in [0.5, 0.6) is 0 Å². The van der Waals surface area contributed by atoms with Crippen LogP contribution in [0.4, 0.5) is 13.6 Å². The molecule has 1 N–H and O–H groups in total. The Morgan fingerprint density at radius 2 is 1.88 bits per heavy atom. The van der Waals surface area contributed by atoms with Gasteiger partial charge in [-0.3, -0.25) is 9.36 Å². The van der Waals surface area contributed by atoms with Crippen molar-refractivity contribution >= 4 is 28.6 Å². The third-order valence-corrected chi connectivity index (χ3v) is 5.34. The summed E-state index contributed by atoms with van der Waals surface area (Å²) in [6.07, 6.45) is 0.912. The van der Waals surface area contributed by atoms with Crippen LogP contribution in [0.15, 0.2) is 41.2 Å². The summed E-state index contributed by atoms with van der Waals surface area (Å²) < 4.78 is 34.6. The molecule has 2 aromatic carbocycles. The minimum atomic E-state index is -0.847. The summed E-state index contributed by atoms with van der Waals surface area (Å²) >= 11 is 6.26. The van der Waals surface area contributed by atoms with E-state index in [1.807, 2.05) is 0 Å². The molecule has 1 aromatic heterocycles. The first-order valence-electron chi connectivity index (χ1n) is 10.2. The van der Waals surface area contributed by atoms with Gasteiger partial charge < -0.3 is 10.1 Å². The molecule has 1 fully saturated rings. The van der Waals surface area contributed by atoms with Crippen LogP contribution in [0.25, 0.3) is 16.6 Å². The Balaban J connectivity index is 1.94. The Morgan fingerprint density at radius 1 is 1.22 bits per heavy atom. The smallest absolute Gasteiger partial charge is 0.408 e. The van der Waals surface area contributed by atoms with Crippen LogP contribution in [0.1, 0.15) is 45.5 Å². The largest absolute Gasteiger partial charge is 0.444 e. The number of carbonyl (C=O) groups excluding carboxylic acids is 1. The van der Waals surface area contributed by atoms with E-state index in [9.17, 15) is 18.4 Å². The molecule has 0 aliphatic heterocycles. The SMILES string of the molecule is CC(C)(C)OC(=O)N[C@H](c1nc2cccc(Cl)c2c(=O)n1-c1cc(F)cc(F)c1)C1CC1. The van der Waals surface area contributed by atoms with Crippen molar-refractivity contribution in [2.45, 2.75) is 45.3 Å². The number of alkyl carbamates (subject to hydrolysis) is 1. The number of rotatable bonds is 4. The van der Waals surface area contributed by atoms with Crippen molar-refractivity contribution < 1.29 is 18.3 Å². The summed E-state index contributed by atoms with van der Waals surface area (Å²) in [6.45, 7) is 5.21. The van der Waals surface area contributed by atoms with Gasteiger partial charge in [-0.2, -0.15) is 0 Å². The number of fused-ring (bicyclic) bond motifs is 1. The van der Waals surface area contributed by atoms with Gasteiger partial charge in [0.05, 0.1) is 27.7 Å². The van der Waals surface area contributed by atoms with Crippen molar-refractivity contribution in [1.82, 2.24) is 14.9 Å². The maximum Gasteiger partial charge on any atom is 0.408 e. The molecule has 1 heterocycles. The highest BCUT2D eigenvalue weighted by Gasteiger charge is 2.38. The number of nitrogens with zero attached hydrogens (tertiary/aromatic N) is 2. The first-order chi connectivity index (χ1) is 15.0. The maximum absolute atomic E-state index is 14.0. The van der Waals surface area contributed by atoms with Crippen molar-refractivity contribution in [3.05, 3.63) is 69.2 Å². The number of aromatic nitrogens is 2. The van der Waals surface area contributed by atoms with Gasteiger partial charge >= 0.3 is 6.09 Å². The molecule has 6 nitrogen and oxygen atoms in total. The first-order valence-corrected chi connectivity index (χ1v) is 10.6. The molecule has 0 saturated heterocycles. The predicted octanol–water partition coefficient (Wildman–Crippen LogP) is 5.29. The highest BCUT2D eigenvalue weighted by Crippen LogP contribution is 2.41. The fourth-order valence-corrected chi connectivity index (χ4v) is 3.84. The average molecular weight is 462 g/mol. The van der Waals surface area contributed by atoms with Gasteiger partial charge in [-0.15, -0.1) is 0 Å². The van der Waals surface area contributed by atoms with E-state index < -0.39 is 34.9 Å². The number of halogens is 3. The molecule has 0 bridgehead atoms. The summed E-state index contributed by atoms with van der Waals surface area (Å²) in [4.78, 5) is 30.7.